The van der Waals surface area contributed by atoms with Gasteiger partial charge in [0.05, 0.1) is 0 Å². The second-order valence-electron chi connectivity index (χ2n) is 1.93. The predicted octanol–water partition coefficient (Wildman–Crippen LogP) is -1.60. The fourth-order valence-corrected chi connectivity index (χ4v) is 1.58. The Morgan fingerprint density at radius 1 is 1.27 bits per heavy atom. The molecule has 0 aliphatic rings. The Hall–Kier alpha value is 1.39. The summed E-state index contributed by atoms with van der Waals surface area (Å²) in [6, 6.07) is 9.60. The molecule has 0 bridgehead atoms. The molecule has 0 N–H and O–H groups in total. The van der Waals surface area contributed by atoms with E-state index < -0.39 is 9.74 Å². The maximum atomic E-state index is 10.5. The van der Waals surface area contributed by atoms with Crippen molar-refractivity contribution in [2.45, 2.75) is 5.75 Å². The van der Waals surface area contributed by atoms with Crippen molar-refractivity contribution < 1.29 is 55.9 Å². The summed E-state index contributed by atoms with van der Waals surface area (Å²) in [5.41, 5.74) is 1.04. The van der Waals surface area contributed by atoms with Gasteiger partial charge in [-0.25, -0.2) is 9.74 Å². The number of hydrogen-bond acceptors (Lipinski definition) is 2. The van der Waals surface area contributed by atoms with Crippen molar-refractivity contribution in [1.29, 1.82) is 0 Å². The van der Waals surface area contributed by atoms with Crippen LogP contribution in [0.15, 0.2) is 30.3 Å². The van der Waals surface area contributed by atoms with Crippen molar-refractivity contribution in [2.24, 2.45) is 0 Å². The Bertz CT molecular complexity index is 225. The third-order valence-electron chi connectivity index (χ3n) is 1.13. The summed E-state index contributed by atoms with van der Waals surface area (Å²) in [5, 5.41) is 0. The van der Waals surface area contributed by atoms with Crippen molar-refractivity contribution in [3.8, 4) is 0 Å². The normalized spacial score (nSPS) is 11.7. The zero-order valence-electron chi connectivity index (χ0n) is 6.32. The average molecular weight is 210 g/mol. The molecule has 0 heterocycles. The summed E-state index contributed by atoms with van der Waals surface area (Å²) in [5.74, 6) is 0.482. The van der Waals surface area contributed by atoms with Gasteiger partial charge in [0.25, 0.3) is 0 Å². The van der Waals surface area contributed by atoms with E-state index in [0.717, 1.165) is 5.56 Å². The van der Waals surface area contributed by atoms with Crippen molar-refractivity contribution >= 4 is 20.9 Å². The fourth-order valence-electron chi connectivity index (χ4n) is 0.710. The minimum absolute atomic E-state index is 0. The van der Waals surface area contributed by atoms with E-state index in [-0.39, 0.29) is 51.4 Å². The third-order valence-corrected chi connectivity index (χ3v) is 2.05. The minimum atomic E-state index is -1.13. The molecule has 1 atom stereocenters. The molecule has 0 spiro atoms. The summed E-state index contributed by atoms with van der Waals surface area (Å²) >= 11 is 4.53. The first-order valence-electron chi connectivity index (χ1n) is 2.89. The maximum absolute atomic E-state index is 10.5. The van der Waals surface area contributed by atoms with Gasteiger partial charge in [0.2, 0.25) is 0 Å². The summed E-state index contributed by atoms with van der Waals surface area (Å²) in [7, 11) is -1.13. The van der Waals surface area contributed by atoms with Gasteiger partial charge >= 0.3 is 51.4 Å². The largest absolute Gasteiger partial charge is 1.00 e. The fraction of sp³-hybridized carbons (Fsp3) is 0.143. The topological polar surface area (TPSA) is 23.1 Å². The minimum Gasteiger partial charge on any atom is -0.794 e. The van der Waals surface area contributed by atoms with E-state index in [1.54, 1.807) is 0 Å². The maximum Gasteiger partial charge on any atom is 1.00 e. The van der Waals surface area contributed by atoms with Crippen LogP contribution in [-0.2, 0) is 26.7 Å². The van der Waals surface area contributed by atoms with Crippen LogP contribution in [0.4, 0.5) is 0 Å². The van der Waals surface area contributed by atoms with E-state index in [4.69, 9.17) is 0 Å². The van der Waals surface area contributed by atoms with Crippen LogP contribution in [0.25, 0.3) is 0 Å². The average Bonchev–Trinajstić information content (AvgIpc) is 1.88. The van der Waals surface area contributed by atoms with Gasteiger partial charge in [-0.1, -0.05) is 41.5 Å². The van der Waals surface area contributed by atoms with Crippen molar-refractivity contribution in [2.75, 3.05) is 0 Å². The first-order chi connectivity index (χ1) is 4.79. The van der Waals surface area contributed by atoms with Gasteiger partial charge in [0, 0.05) is 5.75 Å². The van der Waals surface area contributed by atoms with Crippen LogP contribution in [0.1, 0.15) is 5.56 Å². The molecule has 54 valence electrons. The molecule has 0 radical (unpaired) electrons. The molecule has 0 fully saturated rings. The first kappa shape index (κ1) is 12.4. The number of benzene rings is 1. The molecule has 0 saturated heterocycles. The van der Waals surface area contributed by atoms with Crippen LogP contribution in [0.3, 0.4) is 0 Å². The van der Waals surface area contributed by atoms with Gasteiger partial charge in [-0.05, 0) is 5.56 Å². The molecule has 11 heavy (non-hydrogen) atoms. The van der Waals surface area contributed by atoms with Crippen LogP contribution in [0, 0.1) is 0 Å². The molecule has 4 heteroatoms. The van der Waals surface area contributed by atoms with Crippen molar-refractivity contribution in [3.05, 3.63) is 35.9 Å². The molecule has 1 unspecified atom stereocenters. The number of hydrogen-bond donors (Lipinski definition) is 0. The van der Waals surface area contributed by atoms with E-state index in [0.29, 0.717) is 5.75 Å². The Balaban J connectivity index is 0.000001000. The Morgan fingerprint density at radius 2 is 1.82 bits per heavy atom. The van der Waals surface area contributed by atoms with Crippen LogP contribution in [-0.4, -0.2) is 4.55 Å². The van der Waals surface area contributed by atoms with Crippen LogP contribution < -0.4 is 51.4 Å². The first-order valence-corrected chi connectivity index (χ1v) is 5.13. The van der Waals surface area contributed by atoms with Crippen molar-refractivity contribution in [3.63, 3.8) is 0 Å². The zero-order valence-corrected chi connectivity index (χ0v) is 11.1. The molecule has 0 saturated carbocycles. The molecule has 0 amide bonds. The molecule has 0 aromatic heterocycles. The van der Waals surface area contributed by atoms with E-state index in [2.05, 4.69) is 11.2 Å². The van der Waals surface area contributed by atoms with Gasteiger partial charge in [0.1, 0.15) is 0 Å². The van der Waals surface area contributed by atoms with E-state index in [1.807, 2.05) is 30.3 Å². The molecule has 1 aromatic carbocycles. The van der Waals surface area contributed by atoms with Gasteiger partial charge < -0.3 is 4.55 Å². The van der Waals surface area contributed by atoms with Gasteiger partial charge in [-0.2, -0.15) is 0 Å². The molecule has 0 aliphatic carbocycles. The van der Waals surface area contributed by atoms with Gasteiger partial charge in [-0.15, -0.1) is 0 Å². The molecule has 0 aliphatic heterocycles. The monoisotopic (exact) mass is 210 g/mol. The Labute approximate surface area is 116 Å². The second kappa shape index (κ2) is 6.85. The quantitative estimate of drug-likeness (QED) is 0.549. The second-order valence-corrected chi connectivity index (χ2v) is 3.95. The van der Waals surface area contributed by atoms with E-state index in [1.165, 1.54) is 0 Å². The van der Waals surface area contributed by atoms with Gasteiger partial charge in [-0.3, -0.25) is 0 Å². The summed E-state index contributed by atoms with van der Waals surface area (Å²) in [4.78, 5) is 0. The summed E-state index contributed by atoms with van der Waals surface area (Å²) < 4.78 is 10.5. The molecule has 1 rings (SSSR count). The Morgan fingerprint density at radius 3 is 2.27 bits per heavy atom. The Kier molecular flexibility index (Phi) is 7.72. The standard InChI is InChI=1S/C7H8OS2.K/c8-10(9)6-7-4-2-1-3-5-7;/h1-5H,6H2,(H,8,9);/q;+1/p-1. The SMILES string of the molecule is [K+].[O-]S(=S)Cc1ccccc1. The predicted molar refractivity (Wildman–Crippen MR) is 45.7 cm³/mol. The molecule has 1 nitrogen and oxygen atoms in total. The number of rotatable bonds is 2. The molecular formula is C7H7KOS2. The van der Waals surface area contributed by atoms with Gasteiger partial charge in [0.15, 0.2) is 0 Å². The van der Waals surface area contributed by atoms with Crippen LogP contribution in [0.2, 0.25) is 0 Å². The van der Waals surface area contributed by atoms with E-state index in [9.17, 15) is 4.55 Å². The molecular weight excluding hydrogens is 203 g/mol. The summed E-state index contributed by atoms with van der Waals surface area (Å²) in [6.45, 7) is 0. The van der Waals surface area contributed by atoms with Crippen molar-refractivity contribution in [1.82, 2.24) is 0 Å². The summed E-state index contributed by atoms with van der Waals surface area (Å²) in [6.07, 6.45) is 0. The van der Waals surface area contributed by atoms with Crippen LogP contribution in [0.5, 0.6) is 0 Å². The zero-order chi connectivity index (χ0) is 7.40. The smallest absolute Gasteiger partial charge is 0.794 e. The van der Waals surface area contributed by atoms with Crippen LogP contribution >= 0.6 is 0 Å². The van der Waals surface area contributed by atoms with E-state index >= 15 is 0 Å². The third kappa shape index (κ3) is 5.60. The molecule has 1 aromatic rings.